The summed E-state index contributed by atoms with van der Waals surface area (Å²) >= 11 is 1.50. The summed E-state index contributed by atoms with van der Waals surface area (Å²) in [5.74, 6) is 0.322. The quantitative estimate of drug-likeness (QED) is 0.432. The fourth-order valence-corrected chi connectivity index (χ4v) is 4.99. The molecule has 0 atom stereocenters. The molecule has 2 aromatic carbocycles. The first-order valence-corrected chi connectivity index (χ1v) is 10.9. The van der Waals surface area contributed by atoms with Gasteiger partial charge in [-0.05, 0) is 23.1 Å². The Balaban J connectivity index is 1.30. The lowest BCUT2D eigenvalue weighted by Gasteiger charge is -2.32. The Morgan fingerprint density at radius 1 is 1.16 bits per heavy atom. The Labute approximate surface area is 180 Å². The molecule has 1 amide bonds. The summed E-state index contributed by atoms with van der Waals surface area (Å²) in [5.41, 5.74) is 7.65. The molecule has 158 valence electrons. The van der Waals surface area contributed by atoms with Crippen LogP contribution in [0.5, 0.6) is 0 Å². The molecule has 0 unspecified atom stereocenters. The summed E-state index contributed by atoms with van der Waals surface area (Å²) in [7, 11) is 0. The van der Waals surface area contributed by atoms with Crippen LogP contribution in [0.2, 0.25) is 0 Å². The van der Waals surface area contributed by atoms with Gasteiger partial charge in [-0.2, -0.15) is 0 Å². The van der Waals surface area contributed by atoms with E-state index < -0.39 is 16.8 Å². The molecule has 0 saturated carbocycles. The van der Waals surface area contributed by atoms with Crippen LogP contribution in [-0.2, 0) is 26.1 Å². The Bertz CT molecular complexity index is 1360. The van der Waals surface area contributed by atoms with Gasteiger partial charge in [-0.3, -0.25) is 23.7 Å². The topological polar surface area (TPSA) is 127 Å². The highest BCUT2D eigenvalue weighted by molar-refractivity contribution is 7.99. The second-order valence-electron chi connectivity index (χ2n) is 7.64. The van der Waals surface area contributed by atoms with E-state index in [-0.39, 0.29) is 23.4 Å². The highest BCUT2D eigenvalue weighted by Gasteiger charge is 2.27. The van der Waals surface area contributed by atoms with E-state index >= 15 is 0 Å². The SMILES string of the molecule is Nc1c(N2CCc3ccc(CNC(=O)c4cnc5n(c4=O)CCS5)cc3C2)c(=O)c1=O. The molecular formula is C21H19N5O4S. The molecule has 0 spiro atoms. The molecular weight excluding hydrogens is 418 g/mol. The van der Waals surface area contributed by atoms with E-state index in [1.54, 1.807) is 0 Å². The first-order valence-electron chi connectivity index (χ1n) is 9.89. The maximum atomic E-state index is 12.5. The lowest BCUT2D eigenvalue weighted by atomic mass is 9.96. The Morgan fingerprint density at radius 3 is 2.81 bits per heavy atom. The van der Waals surface area contributed by atoms with Gasteiger partial charge in [0.2, 0.25) is 0 Å². The number of nitrogens with zero attached hydrogens (tertiary/aromatic N) is 3. The van der Waals surface area contributed by atoms with E-state index in [1.165, 1.54) is 22.5 Å². The van der Waals surface area contributed by atoms with Crippen molar-refractivity contribution >= 4 is 29.0 Å². The van der Waals surface area contributed by atoms with Crippen molar-refractivity contribution in [3.8, 4) is 0 Å². The Hall–Kier alpha value is -3.40. The highest BCUT2D eigenvalue weighted by Crippen LogP contribution is 2.26. The predicted molar refractivity (Wildman–Crippen MR) is 117 cm³/mol. The zero-order chi connectivity index (χ0) is 21.7. The minimum Gasteiger partial charge on any atom is -0.394 e. The number of carbonyl (C=O) groups is 1. The summed E-state index contributed by atoms with van der Waals surface area (Å²) in [5, 5.41) is 3.43. The third kappa shape index (κ3) is 3.23. The number of nitrogen functional groups attached to an aromatic ring is 1. The van der Waals surface area contributed by atoms with E-state index in [4.69, 9.17) is 5.73 Å². The lowest BCUT2D eigenvalue weighted by molar-refractivity contribution is 0.0948. The van der Waals surface area contributed by atoms with E-state index in [2.05, 4.69) is 10.3 Å². The summed E-state index contributed by atoms with van der Waals surface area (Å²) in [6.45, 7) is 1.90. The zero-order valence-corrected chi connectivity index (χ0v) is 17.3. The van der Waals surface area contributed by atoms with Gasteiger partial charge in [0.1, 0.15) is 16.9 Å². The van der Waals surface area contributed by atoms with Crippen molar-refractivity contribution in [1.29, 1.82) is 0 Å². The third-order valence-corrected chi connectivity index (χ3v) is 6.75. The van der Waals surface area contributed by atoms with E-state index in [1.807, 2.05) is 23.1 Å². The highest BCUT2D eigenvalue weighted by atomic mass is 32.2. The van der Waals surface area contributed by atoms with Crippen LogP contribution in [-0.4, -0.2) is 27.8 Å². The third-order valence-electron chi connectivity index (χ3n) is 5.77. The van der Waals surface area contributed by atoms with Crippen LogP contribution in [0.1, 0.15) is 27.0 Å². The molecule has 0 saturated heterocycles. The fourth-order valence-electron chi connectivity index (χ4n) is 4.07. The van der Waals surface area contributed by atoms with Crippen LogP contribution in [0.4, 0.5) is 11.4 Å². The minimum atomic E-state index is -0.618. The molecule has 0 radical (unpaired) electrons. The summed E-state index contributed by atoms with van der Waals surface area (Å²) in [4.78, 5) is 54.4. The van der Waals surface area contributed by atoms with Crippen LogP contribution in [0, 0.1) is 0 Å². The predicted octanol–water partition coefficient (Wildman–Crippen LogP) is 0.0199. The summed E-state index contributed by atoms with van der Waals surface area (Å²) < 4.78 is 1.53. The second-order valence-corrected chi connectivity index (χ2v) is 8.70. The largest absolute Gasteiger partial charge is 0.394 e. The molecule has 0 fully saturated rings. The van der Waals surface area contributed by atoms with Crippen LogP contribution >= 0.6 is 11.8 Å². The van der Waals surface area contributed by atoms with Crippen molar-refractivity contribution in [3.63, 3.8) is 0 Å². The molecule has 9 nitrogen and oxygen atoms in total. The molecule has 2 aliphatic rings. The summed E-state index contributed by atoms with van der Waals surface area (Å²) in [6.07, 6.45) is 2.07. The molecule has 5 rings (SSSR count). The molecule has 1 aromatic heterocycles. The second kappa shape index (κ2) is 7.38. The minimum absolute atomic E-state index is 0.0320. The van der Waals surface area contributed by atoms with Crippen LogP contribution < -0.4 is 32.4 Å². The maximum Gasteiger partial charge on any atom is 0.267 e. The van der Waals surface area contributed by atoms with Crippen LogP contribution in [0.15, 0.2) is 43.9 Å². The number of rotatable bonds is 4. The summed E-state index contributed by atoms with van der Waals surface area (Å²) in [6, 6.07) is 5.90. The average Bonchev–Trinajstić information content (AvgIpc) is 3.27. The van der Waals surface area contributed by atoms with Gasteiger partial charge < -0.3 is 16.0 Å². The molecule has 3 aromatic rings. The average molecular weight is 437 g/mol. The molecule has 2 aliphatic heterocycles. The van der Waals surface area contributed by atoms with Crippen molar-refractivity contribution < 1.29 is 4.79 Å². The standard InChI is InChI=1S/C21H19N5O4S/c22-15-16(18(28)17(15)27)25-4-3-12-2-1-11(7-13(12)10-25)8-23-19(29)14-9-24-21-26(20(14)30)5-6-31-21/h1-2,7,9H,3-6,8,10,22H2,(H,23,29). The Kier molecular flexibility index (Phi) is 4.66. The maximum absolute atomic E-state index is 12.5. The number of benzene rings is 1. The van der Waals surface area contributed by atoms with E-state index in [0.29, 0.717) is 30.5 Å². The van der Waals surface area contributed by atoms with Gasteiger partial charge in [-0.15, -0.1) is 0 Å². The Morgan fingerprint density at radius 2 is 2.00 bits per heavy atom. The van der Waals surface area contributed by atoms with Crippen LogP contribution in [0.3, 0.4) is 0 Å². The number of fused-ring (bicyclic) bond motifs is 2. The molecule has 3 N–H and O–H groups in total. The van der Waals surface area contributed by atoms with Crippen LogP contribution in [0.25, 0.3) is 0 Å². The number of hydrogen-bond donors (Lipinski definition) is 2. The molecule has 3 heterocycles. The van der Waals surface area contributed by atoms with Gasteiger partial charge in [0, 0.05) is 38.1 Å². The number of nitrogens with one attached hydrogen (secondary N) is 1. The fraction of sp³-hybridized carbons (Fsp3) is 0.286. The number of thioether (sulfide) groups is 1. The molecule has 0 aliphatic carbocycles. The van der Waals surface area contributed by atoms with Crippen molar-refractivity contribution in [1.82, 2.24) is 14.9 Å². The first kappa shape index (κ1) is 19.6. The number of anilines is 2. The lowest BCUT2D eigenvalue weighted by Crippen LogP contribution is -2.44. The van der Waals surface area contributed by atoms with Crippen molar-refractivity contribution in [2.24, 2.45) is 0 Å². The zero-order valence-electron chi connectivity index (χ0n) is 16.5. The van der Waals surface area contributed by atoms with Gasteiger partial charge in [0.25, 0.3) is 22.3 Å². The van der Waals surface area contributed by atoms with Gasteiger partial charge >= 0.3 is 0 Å². The van der Waals surface area contributed by atoms with E-state index in [9.17, 15) is 19.2 Å². The van der Waals surface area contributed by atoms with Gasteiger partial charge in [0.05, 0.1) is 0 Å². The molecule has 10 heteroatoms. The van der Waals surface area contributed by atoms with Crippen molar-refractivity contribution in [2.75, 3.05) is 22.9 Å². The monoisotopic (exact) mass is 437 g/mol. The number of nitrogens with two attached hydrogens (primary N) is 1. The van der Waals surface area contributed by atoms with Crippen molar-refractivity contribution in [3.05, 3.63) is 77.5 Å². The van der Waals surface area contributed by atoms with Gasteiger partial charge in [-0.25, -0.2) is 4.98 Å². The van der Waals surface area contributed by atoms with Crippen molar-refractivity contribution in [2.45, 2.75) is 31.2 Å². The van der Waals surface area contributed by atoms with E-state index in [0.717, 1.165) is 28.9 Å². The van der Waals surface area contributed by atoms with Gasteiger partial charge in [0.15, 0.2) is 5.16 Å². The van der Waals surface area contributed by atoms with Gasteiger partial charge in [-0.1, -0.05) is 30.0 Å². The molecule has 31 heavy (non-hydrogen) atoms. The molecule has 0 bridgehead atoms. The number of aromatic nitrogens is 2. The number of hydrogen-bond acceptors (Lipinski definition) is 8. The first-order chi connectivity index (χ1) is 14.9. The number of carbonyl (C=O) groups excluding carboxylic acids is 1. The number of amides is 1. The normalized spacial score (nSPS) is 15.0. The smallest absolute Gasteiger partial charge is 0.267 e.